The van der Waals surface area contributed by atoms with Gasteiger partial charge < -0.3 is 30.3 Å². The van der Waals surface area contributed by atoms with Gasteiger partial charge in [-0.2, -0.15) is 15.2 Å². The first kappa shape index (κ1) is 37.1. The molecule has 9 nitrogen and oxygen atoms in total. The Kier molecular flexibility index (Phi) is 13.6. The summed E-state index contributed by atoms with van der Waals surface area (Å²) in [5.74, 6) is 0. The molecule has 3 saturated heterocycles. The summed E-state index contributed by atoms with van der Waals surface area (Å²) < 4.78 is 0. The van der Waals surface area contributed by atoms with Crippen LogP contribution in [0.5, 0.6) is 0 Å². The summed E-state index contributed by atoms with van der Waals surface area (Å²) in [6.07, 6.45) is 10.2. The van der Waals surface area contributed by atoms with Crippen LogP contribution in [0.1, 0.15) is 141 Å². The van der Waals surface area contributed by atoms with Crippen molar-refractivity contribution in [1.82, 2.24) is 15.2 Å². The van der Waals surface area contributed by atoms with Crippen LogP contribution >= 0.6 is 8.60 Å². The lowest BCUT2D eigenvalue weighted by molar-refractivity contribution is -0.241. The van der Waals surface area contributed by atoms with Gasteiger partial charge in [-0.15, -0.1) is 0 Å². The Morgan fingerprint density at radius 3 is 0.568 bits per heavy atom. The standard InChI is InChI=1S/3C9H19NO.H3O3P/c3*1-8(2)6-5-7-9(3,4)10(8)11;1-4(2)3/h3*11H,5-7H2,1-4H3;1-3H. The summed E-state index contributed by atoms with van der Waals surface area (Å²) in [7, 11) is -2.62. The maximum Gasteiger partial charge on any atom is 0.324 e. The molecule has 0 bridgehead atoms. The van der Waals surface area contributed by atoms with Crippen LogP contribution < -0.4 is 0 Å². The predicted molar refractivity (Wildman–Crippen MR) is 150 cm³/mol. The van der Waals surface area contributed by atoms with Gasteiger partial charge >= 0.3 is 8.60 Å². The number of nitrogens with zero attached hydrogens (tertiary/aromatic N) is 3. The van der Waals surface area contributed by atoms with Gasteiger partial charge in [-0.1, -0.05) is 0 Å². The number of piperidine rings is 3. The van der Waals surface area contributed by atoms with Gasteiger partial charge in [-0.3, -0.25) is 0 Å². The van der Waals surface area contributed by atoms with E-state index in [0.29, 0.717) is 0 Å². The predicted octanol–water partition coefficient (Wildman–Crippen LogP) is 6.45. The van der Waals surface area contributed by atoms with E-state index >= 15 is 0 Å². The van der Waals surface area contributed by atoms with E-state index in [1.54, 1.807) is 0 Å². The molecule has 0 aromatic rings. The lowest BCUT2D eigenvalue weighted by Gasteiger charge is -2.48. The normalized spacial score (nSPS) is 28.0. The van der Waals surface area contributed by atoms with E-state index in [9.17, 15) is 15.6 Å². The molecule has 0 spiro atoms. The molecule has 0 unspecified atom stereocenters. The first-order valence-electron chi connectivity index (χ1n) is 13.7. The molecule has 0 atom stereocenters. The van der Waals surface area contributed by atoms with Gasteiger partial charge in [0, 0.05) is 33.2 Å². The van der Waals surface area contributed by atoms with Gasteiger partial charge in [-0.05, 0) is 141 Å². The van der Waals surface area contributed by atoms with Crippen molar-refractivity contribution in [3.05, 3.63) is 0 Å². The zero-order valence-electron chi connectivity index (χ0n) is 25.8. The summed E-state index contributed by atoms with van der Waals surface area (Å²) in [6.45, 7) is 25.1. The van der Waals surface area contributed by atoms with Gasteiger partial charge in [0.05, 0.1) is 0 Å². The van der Waals surface area contributed by atoms with E-state index in [-0.39, 0.29) is 33.2 Å². The van der Waals surface area contributed by atoms with Crippen molar-refractivity contribution in [2.24, 2.45) is 0 Å². The quantitative estimate of drug-likeness (QED) is 0.187. The summed E-state index contributed by atoms with van der Waals surface area (Å²) in [6, 6.07) is 0. The molecule has 3 aliphatic heterocycles. The van der Waals surface area contributed by atoms with E-state index < -0.39 is 8.60 Å². The Morgan fingerprint density at radius 2 is 0.486 bits per heavy atom. The molecule has 3 aliphatic rings. The maximum atomic E-state index is 9.80. The van der Waals surface area contributed by atoms with Crippen LogP contribution in [-0.2, 0) is 0 Å². The van der Waals surface area contributed by atoms with Gasteiger partial charge in [0.15, 0.2) is 0 Å². The third-order valence-electron chi connectivity index (χ3n) is 8.17. The molecule has 37 heavy (non-hydrogen) atoms. The highest BCUT2D eigenvalue weighted by atomic mass is 31.2. The molecule has 0 radical (unpaired) electrons. The molecule has 3 fully saturated rings. The van der Waals surface area contributed by atoms with E-state index in [0.717, 1.165) is 38.5 Å². The monoisotopic (exact) mass is 553 g/mol. The second-order valence-corrected chi connectivity index (χ2v) is 15.2. The highest BCUT2D eigenvalue weighted by Crippen LogP contribution is 2.37. The first-order valence-corrected chi connectivity index (χ1v) is 14.9. The minimum absolute atomic E-state index is 0.0399. The summed E-state index contributed by atoms with van der Waals surface area (Å²) >= 11 is 0. The first-order chi connectivity index (χ1) is 16.3. The van der Waals surface area contributed by atoms with Crippen LogP contribution in [0.15, 0.2) is 0 Å². The molecular formula is C27H60N3O6P. The maximum absolute atomic E-state index is 9.80. The Hall–Kier alpha value is 0.0700. The van der Waals surface area contributed by atoms with Crippen molar-refractivity contribution >= 4 is 8.60 Å². The molecule has 3 heterocycles. The largest absolute Gasteiger partial charge is 0.328 e. The number of hydrogen-bond acceptors (Lipinski definition) is 9. The zero-order chi connectivity index (χ0) is 29.7. The van der Waals surface area contributed by atoms with Crippen molar-refractivity contribution in [1.29, 1.82) is 0 Å². The Morgan fingerprint density at radius 1 is 0.378 bits per heavy atom. The third-order valence-corrected chi connectivity index (χ3v) is 8.17. The Balaban J connectivity index is 0.000000490. The van der Waals surface area contributed by atoms with E-state index in [4.69, 9.17) is 14.7 Å². The van der Waals surface area contributed by atoms with Gasteiger partial charge in [0.2, 0.25) is 0 Å². The smallest absolute Gasteiger partial charge is 0.324 e. The van der Waals surface area contributed by atoms with Crippen LogP contribution in [0.3, 0.4) is 0 Å². The van der Waals surface area contributed by atoms with Crippen molar-refractivity contribution in [3.63, 3.8) is 0 Å². The van der Waals surface area contributed by atoms with Crippen LogP contribution in [0, 0.1) is 0 Å². The number of hydrogen-bond donors (Lipinski definition) is 6. The lowest BCUT2D eigenvalue weighted by atomic mass is 9.82. The molecule has 3 rings (SSSR count). The van der Waals surface area contributed by atoms with Gasteiger partial charge in [-0.25, -0.2) is 0 Å². The molecule has 6 N–H and O–H groups in total. The van der Waals surface area contributed by atoms with Crippen molar-refractivity contribution in [2.45, 2.75) is 174 Å². The summed E-state index contributed by atoms with van der Waals surface area (Å²) in [5, 5.41) is 33.9. The van der Waals surface area contributed by atoms with E-state index in [1.807, 2.05) is 0 Å². The third kappa shape index (κ3) is 11.6. The fraction of sp³-hybridized carbons (Fsp3) is 1.00. The average Bonchev–Trinajstić information content (AvgIpc) is 2.69. The van der Waals surface area contributed by atoms with Crippen molar-refractivity contribution in [3.8, 4) is 0 Å². The molecule has 10 heteroatoms. The average molecular weight is 554 g/mol. The van der Waals surface area contributed by atoms with Gasteiger partial charge in [0.1, 0.15) is 0 Å². The Labute approximate surface area is 228 Å². The fourth-order valence-corrected chi connectivity index (χ4v) is 5.95. The van der Waals surface area contributed by atoms with Crippen LogP contribution in [0.25, 0.3) is 0 Å². The minimum atomic E-state index is -2.62. The molecule has 0 aromatic heterocycles. The molecule has 0 aliphatic carbocycles. The SMILES string of the molecule is CC1(C)CCCC(C)(C)N1O.CC1(C)CCCC(C)(C)N1O.CC1(C)CCCC(C)(C)N1O.OP(O)O. The minimum Gasteiger partial charge on any atom is -0.328 e. The van der Waals surface area contributed by atoms with Crippen LogP contribution in [0.4, 0.5) is 0 Å². The second kappa shape index (κ2) is 13.6. The lowest BCUT2D eigenvalue weighted by Crippen LogP contribution is -2.56. The van der Waals surface area contributed by atoms with E-state index in [1.165, 1.54) is 34.5 Å². The summed E-state index contributed by atoms with van der Waals surface area (Å²) in [5.41, 5.74) is -0.240. The topological polar surface area (TPSA) is 131 Å². The van der Waals surface area contributed by atoms with Crippen LogP contribution in [0.2, 0.25) is 0 Å². The van der Waals surface area contributed by atoms with Crippen LogP contribution in [-0.4, -0.2) is 78.7 Å². The zero-order valence-corrected chi connectivity index (χ0v) is 26.7. The molecule has 0 aromatic carbocycles. The van der Waals surface area contributed by atoms with Crippen molar-refractivity contribution in [2.75, 3.05) is 0 Å². The Bertz CT molecular complexity index is 547. The fourth-order valence-electron chi connectivity index (χ4n) is 5.95. The molecule has 0 amide bonds. The molecular weight excluding hydrogens is 493 g/mol. The van der Waals surface area contributed by atoms with Crippen molar-refractivity contribution < 1.29 is 30.3 Å². The second-order valence-electron chi connectivity index (χ2n) is 14.6. The van der Waals surface area contributed by atoms with Gasteiger partial charge in [0.25, 0.3) is 0 Å². The highest BCUT2D eigenvalue weighted by molar-refractivity contribution is 7.38. The molecule has 0 saturated carbocycles. The number of hydroxylamine groups is 6. The van der Waals surface area contributed by atoms with E-state index in [2.05, 4.69) is 83.1 Å². The summed E-state index contributed by atoms with van der Waals surface area (Å²) in [4.78, 5) is 21.7. The highest BCUT2D eigenvalue weighted by Gasteiger charge is 2.42. The molecule has 224 valence electrons. The number of rotatable bonds is 0.